The van der Waals surface area contributed by atoms with Crippen LogP contribution < -0.4 is 0 Å². The summed E-state index contributed by atoms with van der Waals surface area (Å²) in [5, 5.41) is 14.5. The fourth-order valence-electron chi connectivity index (χ4n) is 8.38. The summed E-state index contributed by atoms with van der Waals surface area (Å²) in [6.07, 6.45) is 4.43. The highest BCUT2D eigenvalue weighted by atomic mass is 127. The molecule has 9 nitrogen and oxygen atoms in total. The zero-order chi connectivity index (χ0) is 28.7. The van der Waals surface area contributed by atoms with Crippen molar-refractivity contribution in [3.8, 4) is 6.07 Å². The predicted molar refractivity (Wildman–Crippen MR) is 161 cm³/mol. The molecule has 2 saturated heterocycles. The van der Waals surface area contributed by atoms with Crippen molar-refractivity contribution < 1.29 is 23.7 Å². The topological polar surface area (TPSA) is 119 Å². The van der Waals surface area contributed by atoms with Crippen LogP contribution in [0.1, 0.15) is 49.7 Å². The normalized spacial score (nSPS) is 40.1. The number of ether oxygens (including phenoxy) is 5. The van der Waals surface area contributed by atoms with Crippen LogP contribution in [0, 0.1) is 32.7 Å². The quantitative estimate of drug-likeness (QED) is 0.137. The first-order chi connectivity index (χ1) is 20.5. The first-order valence-corrected chi connectivity index (χ1v) is 16.0. The van der Waals surface area contributed by atoms with Gasteiger partial charge in [-0.2, -0.15) is 5.26 Å². The molecule has 6 aliphatic rings. The lowest BCUT2D eigenvalue weighted by Gasteiger charge is -2.58. The number of hydrogen-bond acceptors (Lipinski definition) is 7. The van der Waals surface area contributed by atoms with Crippen molar-refractivity contribution in [1.82, 2.24) is 0 Å². The van der Waals surface area contributed by atoms with Crippen LogP contribution in [0.15, 0.2) is 59.7 Å². The Balaban J connectivity index is 1.18. The number of nitriles is 1. The number of nitrogens with zero attached hydrogens (tertiary/aromatic N) is 4. The number of fused-ring (bicyclic) bond motifs is 1. The van der Waals surface area contributed by atoms with E-state index >= 15 is 0 Å². The van der Waals surface area contributed by atoms with Crippen LogP contribution >= 0.6 is 22.6 Å². The molecule has 2 heterocycles. The van der Waals surface area contributed by atoms with Gasteiger partial charge in [-0.25, -0.2) is 0 Å². The SMILES string of the molecule is N#CC1(Cc2ccccc2I)OC[C@H]2O[C@H](OC34CC5CC(CC(C5)C3)C4)[C@@H](OCc3ccccc3)[C@@H](N=[N+]=[N-])[C@@H]2O1. The van der Waals surface area contributed by atoms with Crippen molar-refractivity contribution in [2.24, 2.45) is 22.9 Å². The monoisotopic (exact) mass is 682 g/mol. The molecule has 2 aliphatic heterocycles. The molecule has 8 rings (SSSR count). The number of halogens is 1. The summed E-state index contributed by atoms with van der Waals surface area (Å²) in [6, 6.07) is 19.2. The van der Waals surface area contributed by atoms with Crippen molar-refractivity contribution in [1.29, 1.82) is 5.26 Å². The Morgan fingerprint density at radius 1 is 1.02 bits per heavy atom. The standard InChI is InChI=1S/C32H35IN4O5/c33-25-9-5-4-8-24(25)16-32(19-34)39-18-26-28(41-32)27(36-37-35)29(38-17-20-6-2-1-3-7-20)30(40-26)42-31-13-21-10-22(14-31)12-23(11-21)15-31/h1-9,21-23,26-30H,10-18H2/t21?,22?,23?,26-,27+,28-,29+,30-,31?,32?/m1/s1. The highest BCUT2D eigenvalue weighted by molar-refractivity contribution is 14.1. The highest BCUT2D eigenvalue weighted by Crippen LogP contribution is 2.58. The zero-order valence-corrected chi connectivity index (χ0v) is 25.5. The molecule has 1 unspecified atom stereocenters. The van der Waals surface area contributed by atoms with E-state index in [-0.39, 0.29) is 18.6 Å². The highest BCUT2D eigenvalue weighted by Gasteiger charge is 2.58. The lowest BCUT2D eigenvalue weighted by Crippen LogP contribution is -2.67. The Labute approximate surface area is 259 Å². The van der Waals surface area contributed by atoms with Crippen LogP contribution in [-0.4, -0.2) is 48.6 Å². The van der Waals surface area contributed by atoms with Crippen molar-refractivity contribution >= 4 is 22.6 Å². The molecule has 4 saturated carbocycles. The Kier molecular flexibility index (Phi) is 7.95. The van der Waals surface area contributed by atoms with Gasteiger partial charge in [-0.15, -0.1) is 0 Å². The van der Waals surface area contributed by atoms with Crippen molar-refractivity contribution in [3.05, 3.63) is 79.7 Å². The number of benzene rings is 2. The molecule has 2 aromatic carbocycles. The van der Waals surface area contributed by atoms with Crippen LogP contribution in [0.4, 0.5) is 0 Å². The van der Waals surface area contributed by atoms with E-state index in [1.807, 2.05) is 54.6 Å². The van der Waals surface area contributed by atoms with E-state index in [9.17, 15) is 10.8 Å². The van der Waals surface area contributed by atoms with Gasteiger partial charge in [0.25, 0.3) is 5.79 Å². The van der Waals surface area contributed by atoms with Gasteiger partial charge in [0.15, 0.2) is 6.29 Å². The van der Waals surface area contributed by atoms with Gasteiger partial charge in [-0.3, -0.25) is 0 Å². The van der Waals surface area contributed by atoms with Crippen LogP contribution in [0.25, 0.3) is 10.4 Å². The average molecular weight is 683 g/mol. The maximum absolute atomic E-state index is 10.3. The first-order valence-electron chi connectivity index (χ1n) is 15.0. The van der Waals surface area contributed by atoms with E-state index < -0.39 is 36.4 Å². The minimum absolute atomic E-state index is 0.116. The summed E-state index contributed by atoms with van der Waals surface area (Å²) in [6.45, 7) is 0.414. The van der Waals surface area contributed by atoms with Crippen LogP contribution in [0.3, 0.4) is 0 Å². The second-order valence-corrected chi connectivity index (χ2v) is 13.9. The smallest absolute Gasteiger partial charge is 0.263 e. The number of hydrogen-bond donors (Lipinski definition) is 0. The van der Waals surface area contributed by atoms with Gasteiger partial charge >= 0.3 is 0 Å². The largest absolute Gasteiger partial charge is 0.368 e. The molecule has 2 aromatic rings. The Hall–Kier alpha value is -2.23. The van der Waals surface area contributed by atoms with Gasteiger partial charge in [-0.05, 0) is 102 Å². The van der Waals surface area contributed by atoms with E-state index in [0.717, 1.165) is 34.0 Å². The van der Waals surface area contributed by atoms with Gasteiger partial charge in [0.1, 0.15) is 24.4 Å². The second-order valence-electron chi connectivity index (χ2n) is 12.7. The molecule has 4 bridgehead atoms. The molecule has 0 amide bonds. The maximum Gasteiger partial charge on any atom is 0.263 e. The fourth-order valence-corrected chi connectivity index (χ4v) is 8.96. The molecule has 0 aromatic heterocycles. The first kappa shape index (κ1) is 28.5. The number of azide groups is 1. The molecule has 42 heavy (non-hydrogen) atoms. The number of rotatable bonds is 8. The summed E-state index contributed by atoms with van der Waals surface area (Å²) in [4.78, 5) is 3.22. The molecule has 0 spiro atoms. The summed E-state index contributed by atoms with van der Waals surface area (Å²) in [5.41, 5.74) is 11.4. The second kappa shape index (κ2) is 11.7. The summed E-state index contributed by atoms with van der Waals surface area (Å²) < 4.78 is 33.8. The van der Waals surface area contributed by atoms with Crippen molar-refractivity contribution in [3.63, 3.8) is 0 Å². The van der Waals surface area contributed by atoms with Crippen molar-refractivity contribution in [2.75, 3.05) is 6.61 Å². The van der Waals surface area contributed by atoms with Crippen LogP contribution in [0.5, 0.6) is 0 Å². The van der Waals surface area contributed by atoms with Crippen molar-refractivity contribution in [2.45, 2.75) is 93.6 Å². The third kappa shape index (κ3) is 5.57. The molecule has 0 N–H and O–H groups in total. The van der Waals surface area contributed by atoms with E-state index in [2.05, 4.69) is 38.7 Å². The van der Waals surface area contributed by atoms with Gasteiger partial charge in [-0.1, -0.05) is 53.6 Å². The molecule has 220 valence electrons. The van der Waals surface area contributed by atoms with Gasteiger partial charge in [0, 0.05) is 14.9 Å². The third-order valence-corrected chi connectivity index (χ3v) is 10.8. The third-order valence-electron chi connectivity index (χ3n) is 9.79. The van der Waals surface area contributed by atoms with Gasteiger partial charge in [0.05, 0.1) is 24.9 Å². The molecule has 6 atom stereocenters. The lowest BCUT2D eigenvalue weighted by atomic mass is 9.54. The molecular formula is C32H35IN4O5. The van der Waals surface area contributed by atoms with E-state index in [1.165, 1.54) is 19.3 Å². The zero-order valence-electron chi connectivity index (χ0n) is 23.4. The average Bonchev–Trinajstić information content (AvgIpc) is 2.98. The van der Waals surface area contributed by atoms with Gasteiger partial charge in [0.2, 0.25) is 0 Å². The van der Waals surface area contributed by atoms with Crippen LogP contribution in [0.2, 0.25) is 0 Å². The minimum Gasteiger partial charge on any atom is -0.368 e. The van der Waals surface area contributed by atoms with E-state index in [0.29, 0.717) is 24.4 Å². The van der Waals surface area contributed by atoms with E-state index in [4.69, 9.17) is 23.7 Å². The molecular weight excluding hydrogens is 647 g/mol. The molecule has 4 aliphatic carbocycles. The minimum atomic E-state index is -1.55. The Morgan fingerprint density at radius 2 is 1.71 bits per heavy atom. The maximum atomic E-state index is 10.3. The molecule has 6 fully saturated rings. The van der Waals surface area contributed by atoms with E-state index in [1.54, 1.807) is 0 Å². The fraction of sp³-hybridized carbons (Fsp3) is 0.594. The lowest BCUT2D eigenvalue weighted by molar-refractivity contribution is -0.381. The van der Waals surface area contributed by atoms with Gasteiger partial charge < -0.3 is 23.7 Å². The summed E-state index contributed by atoms with van der Waals surface area (Å²) >= 11 is 2.25. The molecule has 10 heteroatoms. The van der Waals surface area contributed by atoms with Crippen LogP contribution in [-0.2, 0) is 36.7 Å². The summed E-state index contributed by atoms with van der Waals surface area (Å²) in [7, 11) is 0. The Morgan fingerprint density at radius 3 is 2.38 bits per heavy atom. The predicted octanol–water partition coefficient (Wildman–Crippen LogP) is 6.44. The molecule has 0 radical (unpaired) electrons. The Bertz CT molecular complexity index is 1350. The summed E-state index contributed by atoms with van der Waals surface area (Å²) in [5.74, 6) is 0.542.